The van der Waals surface area contributed by atoms with E-state index < -0.39 is 12.3 Å². The van der Waals surface area contributed by atoms with Crippen LogP contribution >= 0.6 is 11.3 Å². The first kappa shape index (κ1) is 25.1. The Morgan fingerprint density at radius 1 is 1.18 bits per heavy atom. The number of rotatable bonds is 6. The highest BCUT2D eigenvalue weighted by Gasteiger charge is 2.51. The Morgan fingerprint density at radius 3 is 2.62 bits per heavy atom. The van der Waals surface area contributed by atoms with Crippen molar-refractivity contribution in [3.05, 3.63) is 46.4 Å². The number of fused-ring (bicyclic) bond motifs is 1. The molecule has 3 fully saturated rings. The Kier molecular flexibility index (Phi) is 5.85. The fraction of sp³-hybridized carbons (Fsp3) is 0.423. The number of alkyl halides is 2. The summed E-state index contributed by atoms with van der Waals surface area (Å²) < 4.78 is 36.1. The van der Waals surface area contributed by atoms with Crippen molar-refractivity contribution in [2.45, 2.75) is 25.2 Å². The van der Waals surface area contributed by atoms with Crippen molar-refractivity contribution in [2.75, 3.05) is 54.9 Å². The monoisotopic (exact) mass is 567 g/mol. The molecule has 3 aliphatic heterocycles. The molecular formula is C26H27F2N9O2S. The van der Waals surface area contributed by atoms with Crippen molar-refractivity contribution in [2.24, 2.45) is 11.1 Å². The summed E-state index contributed by atoms with van der Waals surface area (Å²) in [6.45, 7) is 3.78. The van der Waals surface area contributed by atoms with Gasteiger partial charge in [0.15, 0.2) is 5.82 Å². The van der Waals surface area contributed by atoms with Crippen LogP contribution in [0, 0.1) is 5.41 Å². The fourth-order valence-electron chi connectivity index (χ4n) is 6.34. The van der Waals surface area contributed by atoms with Gasteiger partial charge in [0.2, 0.25) is 0 Å². The third kappa shape index (κ3) is 3.88. The summed E-state index contributed by atoms with van der Waals surface area (Å²) in [6.07, 6.45) is 4.99. The van der Waals surface area contributed by atoms with Gasteiger partial charge in [0.05, 0.1) is 40.6 Å². The highest BCUT2D eigenvalue weighted by molar-refractivity contribution is 7.15. The van der Waals surface area contributed by atoms with Gasteiger partial charge >= 0.3 is 0 Å². The van der Waals surface area contributed by atoms with E-state index in [1.165, 1.54) is 12.7 Å². The zero-order valence-electron chi connectivity index (χ0n) is 21.5. The number of amides is 1. The third-order valence-electron chi connectivity index (χ3n) is 8.14. The SMILES string of the molecule is NC(=O)c1sc(C(F)F)c(C2CCCN(c3cc(-c4cncnc4)n4ncnc(N)c34)C2)c1N1CC2(COC2)C1. The van der Waals surface area contributed by atoms with Gasteiger partial charge in [-0.2, -0.15) is 5.10 Å². The summed E-state index contributed by atoms with van der Waals surface area (Å²) in [5.41, 5.74) is 16.2. The molecule has 3 saturated heterocycles. The molecule has 0 radical (unpaired) electrons. The van der Waals surface area contributed by atoms with Crippen LogP contribution in [0.5, 0.6) is 0 Å². The number of carbonyl (C=O) groups is 1. The summed E-state index contributed by atoms with van der Waals surface area (Å²) in [5.74, 6) is -0.607. The van der Waals surface area contributed by atoms with E-state index in [0.29, 0.717) is 68.4 Å². The molecule has 11 nitrogen and oxygen atoms in total. The van der Waals surface area contributed by atoms with E-state index in [4.69, 9.17) is 16.2 Å². The molecule has 3 aliphatic rings. The van der Waals surface area contributed by atoms with E-state index in [0.717, 1.165) is 34.7 Å². The molecule has 0 bridgehead atoms. The summed E-state index contributed by atoms with van der Waals surface area (Å²) in [4.78, 5) is 29.3. The smallest absolute Gasteiger partial charge is 0.273 e. The number of aromatic nitrogens is 5. The van der Waals surface area contributed by atoms with Gasteiger partial charge in [0, 0.05) is 55.6 Å². The van der Waals surface area contributed by atoms with E-state index in [2.05, 4.69) is 25.0 Å². The fourth-order valence-corrected chi connectivity index (χ4v) is 7.46. The van der Waals surface area contributed by atoms with Crippen LogP contribution in [0.15, 0.2) is 31.1 Å². The molecule has 0 aliphatic carbocycles. The van der Waals surface area contributed by atoms with Crippen LogP contribution in [0.3, 0.4) is 0 Å². The third-order valence-corrected chi connectivity index (χ3v) is 9.36. The standard InChI is InChI=1S/C26H27F2N9O2S/c27-23(28)21-18(20(22(40-21)25(30)38)36-8-26(9-36)10-39-11-26)14-2-1-3-35(7-14)17-4-16(15-5-31-12-32-6-15)37-19(17)24(29)33-13-34-37/h4-6,12-14,23H,1-3,7-11H2,(H2,30,38)(H2,29,33,34). The van der Waals surface area contributed by atoms with Gasteiger partial charge in [-0.25, -0.2) is 28.2 Å². The van der Waals surface area contributed by atoms with E-state index in [-0.39, 0.29) is 21.1 Å². The van der Waals surface area contributed by atoms with E-state index >= 15 is 0 Å². The number of carbonyl (C=O) groups excluding carboxylic acids is 1. The minimum atomic E-state index is -2.71. The van der Waals surface area contributed by atoms with Crippen molar-refractivity contribution in [3.8, 4) is 11.3 Å². The van der Waals surface area contributed by atoms with Gasteiger partial charge in [0.1, 0.15) is 23.0 Å². The van der Waals surface area contributed by atoms with Gasteiger partial charge < -0.3 is 26.0 Å². The van der Waals surface area contributed by atoms with Crippen molar-refractivity contribution in [1.29, 1.82) is 0 Å². The number of nitrogens with two attached hydrogens (primary N) is 2. The Balaban J connectivity index is 1.30. The Bertz CT molecular complexity index is 1600. The number of nitrogens with zero attached hydrogens (tertiary/aromatic N) is 7. The lowest BCUT2D eigenvalue weighted by atomic mass is 9.77. The molecule has 7 rings (SSSR count). The van der Waals surface area contributed by atoms with Crippen LogP contribution in [0.25, 0.3) is 16.8 Å². The van der Waals surface area contributed by atoms with Gasteiger partial charge in [-0.1, -0.05) is 0 Å². The zero-order chi connectivity index (χ0) is 27.6. The molecule has 4 N–H and O–H groups in total. The van der Waals surface area contributed by atoms with E-state index in [1.54, 1.807) is 16.9 Å². The van der Waals surface area contributed by atoms with Gasteiger partial charge in [-0.15, -0.1) is 11.3 Å². The van der Waals surface area contributed by atoms with Crippen molar-refractivity contribution >= 4 is 40.0 Å². The quantitative estimate of drug-likeness (QED) is 0.360. The van der Waals surface area contributed by atoms with Crippen LogP contribution in [0.4, 0.5) is 26.0 Å². The first-order valence-corrected chi connectivity index (χ1v) is 13.9. The second kappa shape index (κ2) is 9.34. The summed E-state index contributed by atoms with van der Waals surface area (Å²) in [7, 11) is 0. The second-order valence-corrected chi connectivity index (χ2v) is 11.9. The molecule has 7 heterocycles. The molecule has 1 spiro atoms. The highest BCUT2D eigenvalue weighted by atomic mass is 32.1. The number of primary amides is 1. The number of ether oxygens (including phenoxy) is 1. The van der Waals surface area contributed by atoms with E-state index in [1.807, 2.05) is 11.0 Å². The lowest BCUT2D eigenvalue weighted by Gasteiger charge is -2.56. The molecule has 0 aromatic carbocycles. The summed E-state index contributed by atoms with van der Waals surface area (Å²) >= 11 is 0.829. The number of halogens is 2. The summed E-state index contributed by atoms with van der Waals surface area (Å²) in [6, 6.07) is 1.97. The first-order valence-electron chi connectivity index (χ1n) is 13.0. The number of hydrogen-bond donors (Lipinski definition) is 2. The van der Waals surface area contributed by atoms with Crippen molar-refractivity contribution in [1.82, 2.24) is 24.6 Å². The number of piperidine rings is 1. The van der Waals surface area contributed by atoms with Crippen molar-refractivity contribution in [3.63, 3.8) is 0 Å². The number of nitrogen functional groups attached to an aromatic ring is 1. The van der Waals surface area contributed by atoms with Gasteiger partial charge in [-0.3, -0.25) is 4.79 Å². The van der Waals surface area contributed by atoms with Crippen molar-refractivity contribution < 1.29 is 18.3 Å². The minimum absolute atomic E-state index is 0.0399. The molecule has 14 heteroatoms. The van der Waals surface area contributed by atoms with Crippen LogP contribution in [0.2, 0.25) is 0 Å². The molecule has 1 unspecified atom stereocenters. The van der Waals surface area contributed by atoms with E-state index in [9.17, 15) is 13.6 Å². The maximum Gasteiger partial charge on any atom is 0.273 e. The average molecular weight is 568 g/mol. The Hall–Kier alpha value is -3.91. The molecular weight excluding hydrogens is 540 g/mol. The van der Waals surface area contributed by atoms with Gasteiger partial charge in [0.25, 0.3) is 12.3 Å². The first-order chi connectivity index (χ1) is 19.3. The average Bonchev–Trinajstić information content (AvgIpc) is 3.49. The molecule has 1 atom stereocenters. The lowest BCUT2D eigenvalue weighted by molar-refractivity contribution is -0.127. The molecule has 208 valence electrons. The maximum atomic E-state index is 14.5. The van der Waals surface area contributed by atoms with Gasteiger partial charge in [-0.05, 0) is 18.9 Å². The van der Waals surface area contributed by atoms with Crippen LogP contribution in [-0.4, -0.2) is 69.9 Å². The predicted molar refractivity (Wildman–Crippen MR) is 146 cm³/mol. The molecule has 1 amide bonds. The second-order valence-electron chi connectivity index (χ2n) is 10.8. The molecule has 4 aromatic rings. The largest absolute Gasteiger partial charge is 0.382 e. The van der Waals surface area contributed by atoms with Crippen LogP contribution in [0.1, 0.15) is 45.3 Å². The lowest BCUT2D eigenvalue weighted by Crippen LogP contribution is -2.66. The number of hydrogen-bond acceptors (Lipinski definition) is 10. The Labute approximate surface area is 231 Å². The normalized spacial score (nSPS) is 20.2. The predicted octanol–water partition coefficient (Wildman–Crippen LogP) is 3.09. The Morgan fingerprint density at radius 2 is 1.95 bits per heavy atom. The topological polar surface area (TPSA) is 141 Å². The molecule has 4 aromatic heterocycles. The minimum Gasteiger partial charge on any atom is -0.382 e. The number of anilines is 3. The molecule has 40 heavy (non-hydrogen) atoms. The zero-order valence-corrected chi connectivity index (χ0v) is 22.3. The number of thiophene rings is 1. The highest BCUT2D eigenvalue weighted by Crippen LogP contribution is 2.51. The van der Waals surface area contributed by atoms with Crippen LogP contribution in [-0.2, 0) is 4.74 Å². The summed E-state index contributed by atoms with van der Waals surface area (Å²) in [5, 5.41) is 4.43. The molecule has 0 saturated carbocycles. The maximum absolute atomic E-state index is 14.5. The van der Waals surface area contributed by atoms with Crippen LogP contribution < -0.4 is 21.3 Å².